The van der Waals surface area contributed by atoms with E-state index >= 15 is 0 Å². The first-order valence-corrected chi connectivity index (χ1v) is 6.32. The molecule has 1 N–H and O–H groups in total. The summed E-state index contributed by atoms with van der Waals surface area (Å²) in [5, 5.41) is 3.42. The van der Waals surface area contributed by atoms with E-state index in [1.165, 1.54) is 18.4 Å². The molecule has 2 rings (SSSR count). The van der Waals surface area contributed by atoms with Crippen molar-refractivity contribution in [3.8, 4) is 5.75 Å². The van der Waals surface area contributed by atoms with E-state index in [-0.39, 0.29) is 0 Å². The highest BCUT2D eigenvalue weighted by molar-refractivity contribution is 5.27. The van der Waals surface area contributed by atoms with Crippen molar-refractivity contribution in [2.45, 2.75) is 25.3 Å². The summed E-state index contributed by atoms with van der Waals surface area (Å²) < 4.78 is 10.8. The Morgan fingerprint density at radius 3 is 2.76 bits per heavy atom. The topological polar surface area (TPSA) is 30.5 Å². The van der Waals surface area contributed by atoms with Crippen molar-refractivity contribution in [1.82, 2.24) is 5.32 Å². The minimum absolute atomic E-state index is 0.531. The van der Waals surface area contributed by atoms with Gasteiger partial charge in [0.05, 0.1) is 6.61 Å². The quantitative estimate of drug-likeness (QED) is 0.818. The maximum Gasteiger partial charge on any atom is 0.119 e. The van der Waals surface area contributed by atoms with Gasteiger partial charge in [-0.15, -0.1) is 0 Å². The van der Waals surface area contributed by atoms with E-state index in [1.54, 1.807) is 7.11 Å². The average Bonchev–Trinajstić information content (AvgIpc) is 2.88. The van der Waals surface area contributed by atoms with Crippen molar-refractivity contribution in [3.05, 3.63) is 29.8 Å². The standard InChI is InChI=1S/C14H21NO2/c1-16-10-8-12-4-6-14(7-5-12)17-11-13-3-2-9-15-13/h4-7,13,15H,2-3,8-11H2,1H3/t13-/m0/s1. The number of ether oxygens (including phenoxy) is 2. The molecule has 1 heterocycles. The Morgan fingerprint density at radius 2 is 2.12 bits per heavy atom. The lowest BCUT2D eigenvalue weighted by Crippen LogP contribution is -2.28. The number of nitrogens with one attached hydrogen (secondary N) is 1. The van der Waals surface area contributed by atoms with Gasteiger partial charge in [-0.25, -0.2) is 0 Å². The molecule has 0 bridgehead atoms. The van der Waals surface area contributed by atoms with Crippen LogP contribution >= 0.6 is 0 Å². The predicted octanol–water partition coefficient (Wildman–Crippen LogP) is 2.01. The first kappa shape index (κ1) is 12.4. The van der Waals surface area contributed by atoms with Gasteiger partial charge in [-0.3, -0.25) is 0 Å². The third-order valence-corrected chi connectivity index (χ3v) is 3.13. The second-order valence-corrected chi connectivity index (χ2v) is 4.49. The van der Waals surface area contributed by atoms with E-state index in [0.717, 1.165) is 31.9 Å². The molecule has 1 saturated heterocycles. The molecule has 0 amide bonds. The molecule has 0 aromatic heterocycles. The molecule has 3 nitrogen and oxygen atoms in total. The fraction of sp³-hybridized carbons (Fsp3) is 0.571. The van der Waals surface area contributed by atoms with E-state index in [4.69, 9.17) is 9.47 Å². The molecule has 1 aliphatic rings. The minimum atomic E-state index is 0.531. The fourth-order valence-electron chi connectivity index (χ4n) is 2.07. The van der Waals surface area contributed by atoms with Gasteiger partial charge in [-0.2, -0.15) is 0 Å². The lowest BCUT2D eigenvalue weighted by atomic mass is 10.1. The minimum Gasteiger partial charge on any atom is -0.492 e. The van der Waals surface area contributed by atoms with Crippen molar-refractivity contribution >= 4 is 0 Å². The monoisotopic (exact) mass is 235 g/mol. The van der Waals surface area contributed by atoms with Crippen LogP contribution < -0.4 is 10.1 Å². The summed E-state index contributed by atoms with van der Waals surface area (Å²) in [6.45, 7) is 2.67. The molecule has 94 valence electrons. The zero-order valence-corrected chi connectivity index (χ0v) is 10.4. The van der Waals surface area contributed by atoms with Crippen molar-refractivity contribution in [2.24, 2.45) is 0 Å². The molecule has 1 fully saturated rings. The third kappa shape index (κ3) is 4.02. The zero-order chi connectivity index (χ0) is 11.9. The fourth-order valence-corrected chi connectivity index (χ4v) is 2.07. The second kappa shape index (κ2) is 6.62. The van der Waals surface area contributed by atoms with Crippen LogP contribution in [0.15, 0.2) is 24.3 Å². The molecule has 17 heavy (non-hydrogen) atoms. The number of rotatable bonds is 6. The molecule has 3 heteroatoms. The average molecular weight is 235 g/mol. The van der Waals surface area contributed by atoms with E-state index in [2.05, 4.69) is 17.4 Å². The highest BCUT2D eigenvalue weighted by Crippen LogP contribution is 2.14. The van der Waals surface area contributed by atoms with Crippen LogP contribution in [0.1, 0.15) is 18.4 Å². The lowest BCUT2D eigenvalue weighted by Gasteiger charge is -2.12. The van der Waals surface area contributed by atoms with E-state index < -0.39 is 0 Å². The first-order chi connectivity index (χ1) is 8.38. The Bertz CT molecular complexity index is 317. The number of methoxy groups -OCH3 is 1. The molecule has 1 aliphatic heterocycles. The smallest absolute Gasteiger partial charge is 0.119 e. The van der Waals surface area contributed by atoms with Gasteiger partial charge in [-0.05, 0) is 43.5 Å². The molecular formula is C14H21NO2. The summed E-state index contributed by atoms with van der Waals surface area (Å²) in [5.41, 5.74) is 1.29. The SMILES string of the molecule is COCCc1ccc(OC[C@@H]2CCCN2)cc1. The van der Waals surface area contributed by atoms with Crippen molar-refractivity contribution in [2.75, 3.05) is 26.9 Å². The predicted molar refractivity (Wildman–Crippen MR) is 68.5 cm³/mol. The highest BCUT2D eigenvalue weighted by atomic mass is 16.5. The normalized spacial score (nSPS) is 19.5. The van der Waals surface area contributed by atoms with Gasteiger partial charge in [0.2, 0.25) is 0 Å². The van der Waals surface area contributed by atoms with Gasteiger partial charge in [0.25, 0.3) is 0 Å². The molecule has 1 aromatic rings. The van der Waals surface area contributed by atoms with Crippen LogP contribution in [0, 0.1) is 0 Å². The number of hydrogen-bond donors (Lipinski definition) is 1. The number of benzene rings is 1. The summed E-state index contributed by atoms with van der Waals surface area (Å²) in [6.07, 6.45) is 3.46. The summed E-state index contributed by atoms with van der Waals surface area (Å²) >= 11 is 0. The first-order valence-electron chi connectivity index (χ1n) is 6.32. The summed E-state index contributed by atoms with van der Waals surface area (Å²) in [6, 6.07) is 8.83. The molecule has 0 unspecified atom stereocenters. The Labute approximate surface area is 103 Å². The maximum atomic E-state index is 5.76. The van der Waals surface area contributed by atoms with Gasteiger partial charge >= 0.3 is 0 Å². The molecule has 1 atom stereocenters. The van der Waals surface area contributed by atoms with Gasteiger partial charge in [0.15, 0.2) is 0 Å². The van der Waals surface area contributed by atoms with Crippen LogP contribution in [0.2, 0.25) is 0 Å². The highest BCUT2D eigenvalue weighted by Gasteiger charge is 2.14. The Hall–Kier alpha value is -1.06. The van der Waals surface area contributed by atoms with Crippen LogP contribution in [0.4, 0.5) is 0 Å². The van der Waals surface area contributed by atoms with Gasteiger partial charge < -0.3 is 14.8 Å². The van der Waals surface area contributed by atoms with Crippen LogP contribution in [0.3, 0.4) is 0 Å². The number of hydrogen-bond acceptors (Lipinski definition) is 3. The molecule has 0 radical (unpaired) electrons. The van der Waals surface area contributed by atoms with Crippen LogP contribution in [-0.4, -0.2) is 32.9 Å². The summed E-state index contributed by atoms with van der Waals surface area (Å²) in [5.74, 6) is 0.958. The Kier molecular flexibility index (Phi) is 4.83. The van der Waals surface area contributed by atoms with E-state index in [0.29, 0.717) is 6.04 Å². The summed E-state index contributed by atoms with van der Waals surface area (Å²) in [7, 11) is 1.73. The molecule has 1 aromatic carbocycles. The Balaban J connectivity index is 1.76. The molecule has 0 aliphatic carbocycles. The second-order valence-electron chi connectivity index (χ2n) is 4.49. The van der Waals surface area contributed by atoms with Crippen LogP contribution in [0.5, 0.6) is 5.75 Å². The van der Waals surface area contributed by atoms with Crippen molar-refractivity contribution in [1.29, 1.82) is 0 Å². The van der Waals surface area contributed by atoms with E-state index in [9.17, 15) is 0 Å². The van der Waals surface area contributed by atoms with Crippen molar-refractivity contribution < 1.29 is 9.47 Å². The molecule has 0 spiro atoms. The van der Waals surface area contributed by atoms with Gasteiger partial charge in [0, 0.05) is 13.2 Å². The summed E-state index contributed by atoms with van der Waals surface area (Å²) in [4.78, 5) is 0. The Morgan fingerprint density at radius 1 is 1.29 bits per heavy atom. The zero-order valence-electron chi connectivity index (χ0n) is 10.4. The van der Waals surface area contributed by atoms with Crippen LogP contribution in [0.25, 0.3) is 0 Å². The molecular weight excluding hydrogens is 214 g/mol. The van der Waals surface area contributed by atoms with Crippen LogP contribution in [-0.2, 0) is 11.2 Å². The lowest BCUT2D eigenvalue weighted by molar-refractivity contribution is 0.202. The van der Waals surface area contributed by atoms with Gasteiger partial charge in [0.1, 0.15) is 12.4 Å². The maximum absolute atomic E-state index is 5.76. The third-order valence-electron chi connectivity index (χ3n) is 3.13. The molecule has 0 saturated carbocycles. The largest absolute Gasteiger partial charge is 0.492 e. The van der Waals surface area contributed by atoms with Crippen molar-refractivity contribution in [3.63, 3.8) is 0 Å². The van der Waals surface area contributed by atoms with E-state index in [1.807, 2.05) is 12.1 Å². The van der Waals surface area contributed by atoms with Gasteiger partial charge in [-0.1, -0.05) is 12.1 Å².